The molecule has 0 aliphatic heterocycles. The molecule has 0 atom stereocenters. The van der Waals surface area contributed by atoms with E-state index in [1.54, 1.807) is 19.1 Å². The Labute approximate surface area is 175 Å². The first kappa shape index (κ1) is 19.5. The molecule has 0 fully saturated rings. The molecule has 30 heavy (non-hydrogen) atoms. The number of imidazole rings is 1. The predicted octanol–water partition coefficient (Wildman–Crippen LogP) is 4.88. The Hall–Kier alpha value is -3.86. The van der Waals surface area contributed by atoms with Crippen molar-refractivity contribution in [3.05, 3.63) is 90.3 Å². The zero-order valence-electron chi connectivity index (χ0n) is 17.0. The van der Waals surface area contributed by atoms with Gasteiger partial charge >= 0.3 is 0 Å². The number of hydrogen-bond acceptors (Lipinski definition) is 3. The summed E-state index contributed by atoms with van der Waals surface area (Å²) in [7, 11) is 3.44. The summed E-state index contributed by atoms with van der Waals surface area (Å²) < 4.78 is 7.17. The minimum absolute atomic E-state index is 0.0107. The molecule has 0 aliphatic rings. The van der Waals surface area contributed by atoms with Crippen molar-refractivity contribution >= 4 is 34.8 Å². The summed E-state index contributed by atoms with van der Waals surface area (Å²) in [6.45, 7) is 0.203. The highest BCUT2D eigenvalue weighted by atomic mass is 16.5. The smallest absolute Gasteiger partial charge is 0.246 e. The van der Waals surface area contributed by atoms with Gasteiger partial charge in [-0.05, 0) is 48.0 Å². The van der Waals surface area contributed by atoms with Gasteiger partial charge in [-0.1, -0.05) is 48.5 Å². The van der Waals surface area contributed by atoms with Crippen LogP contribution in [0.15, 0.2) is 78.9 Å². The number of nitrogens with zero attached hydrogens (tertiary/aromatic N) is 3. The van der Waals surface area contributed by atoms with Crippen molar-refractivity contribution < 1.29 is 9.53 Å². The Morgan fingerprint density at radius 3 is 2.40 bits per heavy atom. The zero-order valence-corrected chi connectivity index (χ0v) is 17.0. The number of hydrogen-bond donors (Lipinski definition) is 0. The third-order valence-electron chi connectivity index (χ3n) is 5.04. The first-order valence-electron chi connectivity index (χ1n) is 9.75. The summed E-state index contributed by atoms with van der Waals surface area (Å²) in [6, 6.07) is 25.3. The van der Waals surface area contributed by atoms with E-state index in [-0.39, 0.29) is 12.5 Å². The Bertz CT molecular complexity index is 1180. The standard InChI is InChI=1S/C25H23N3O2/c1-27(20-8-4-3-5-9-20)25(29)18-28-23-11-7-6-10-22(23)26-24(28)17-14-19-12-15-21(30-2)16-13-19/h3-17H,18H2,1-2H3/b17-14+. The minimum atomic E-state index is -0.0107. The lowest BCUT2D eigenvalue weighted by Gasteiger charge is -2.18. The van der Waals surface area contributed by atoms with Crippen molar-refractivity contribution in [2.45, 2.75) is 6.54 Å². The molecule has 3 aromatic carbocycles. The van der Waals surface area contributed by atoms with E-state index in [0.29, 0.717) is 0 Å². The summed E-state index contributed by atoms with van der Waals surface area (Å²) in [5.74, 6) is 1.54. The number of anilines is 1. The second-order valence-corrected chi connectivity index (χ2v) is 6.94. The molecule has 0 unspecified atom stereocenters. The predicted molar refractivity (Wildman–Crippen MR) is 122 cm³/mol. The third-order valence-corrected chi connectivity index (χ3v) is 5.04. The van der Waals surface area contributed by atoms with Gasteiger partial charge in [-0.2, -0.15) is 0 Å². The van der Waals surface area contributed by atoms with Crippen LogP contribution in [0.1, 0.15) is 11.4 Å². The number of aromatic nitrogens is 2. The lowest BCUT2D eigenvalue weighted by molar-refractivity contribution is -0.118. The quantitative estimate of drug-likeness (QED) is 0.466. The van der Waals surface area contributed by atoms with E-state index < -0.39 is 0 Å². The van der Waals surface area contributed by atoms with Crippen LogP contribution in [-0.4, -0.2) is 29.6 Å². The average molecular weight is 397 g/mol. The molecule has 1 heterocycles. The number of carbonyl (C=O) groups excluding carboxylic acids is 1. The number of ether oxygens (including phenoxy) is 1. The van der Waals surface area contributed by atoms with Crippen LogP contribution in [-0.2, 0) is 11.3 Å². The van der Waals surface area contributed by atoms with E-state index in [9.17, 15) is 4.79 Å². The molecule has 0 aliphatic carbocycles. The molecule has 0 saturated carbocycles. The van der Waals surface area contributed by atoms with E-state index in [4.69, 9.17) is 9.72 Å². The molecule has 150 valence electrons. The molecule has 0 N–H and O–H groups in total. The van der Waals surface area contributed by atoms with Gasteiger partial charge in [0.1, 0.15) is 18.1 Å². The normalized spacial score (nSPS) is 11.1. The molecule has 5 heteroatoms. The Morgan fingerprint density at radius 1 is 0.967 bits per heavy atom. The molecule has 0 radical (unpaired) electrons. The number of likely N-dealkylation sites (N-methyl/N-ethyl adjacent to an activating group) is 1. The first-order valence-corrected chi connectivity index (χ1v) is 9.75. The Kier molecular flexibility index (Phi) is 5.61. The summed E-state index contributed by atoms with van der Waals surface area (Å²) >= 11 is 0. The van der Waals surface area contributed by atoms with Crippen LogP contribution in [0.4, 0.5) is 5.69 Å². The minimum Gasteiger partial charge on any atom is -0.497 e. The van der Waals surface area contributed by atoms with Gasteiger partial charge in [-0.25, -0.2) is 4.98 Å². The molecule has 0 saturated heterocycles. The largest absolute Gasteiger partial charge is 0.497 e. The number of rotatable bonds is 6. The van der Waals surface area contributed by atoms with Crippen molar-refractivity contribution in [3.8, 4) is 5.75 Å². The lowest BCUT2D eigenvalue weighted by Crippen LogP contribution is -2.30. The summed E-state index contributed by atoms with van der Waals surface area (Å²) in [5, 5.41) is 0. The fraction of sp³-hybridized carbons (Fsp3) is 0.120. The van der Waals surface area contributed by atoms with Gasteiger partial charge in [0.05, 0.1) is 18.1 Å². The van der Waals surface area contributed by atoms with Crippen molar-refractivity contribution in [2.24, 2.45) is 0 Å². The molecule has 4 aromatic rings. The summed E-state index contributed by atoms with van der Waals surface area (Å²) in [6.07, 6.45) is 3.93. The van der Waals surface area contributed by atoms with Crippen LogP contribution in [0.2, 0.25) is 0 Å². The number of carbonyl (C=O) groups is 1. The maximum atomic E-state index is 13.0. The second-order valence-electron chi connectivity index (χ2n) is 6.94. The van der Waals surface area contributed by atoms with Crippen LogP contribution in [0.3, 0.4) is 0 Å². The zero-order chi connectivity index (χ0) is 20.9. The molecule has 5 nitrogen and oxygen atoms in total. The van der Waals surface area contributed by atoms with Gasteiger partial charge in [0.2, 0.25) is 5.91 Å². The number of benzene rings is 3. The van der Waals surface area contributed by atoms with Gasteiger partial charge in [-0.3, -0.25) is 4.79 Å². The highest BCUT2D eigenvalue weighted by Gasteiger charge is 2.16. The number of amides is 1. The summed E-state index contributed by atoms with van der Waals surface area (Å²) in [5.41, 5.74) is 3.69. The molecular formula is C25H23N3O2. The van der Waals surface area contributed by atoms with Crippen molar-refractivity contribution in [1.29, 1.82) is 0 Å². The molecule has 1 aromatic heterocycles. The van der Waals surface area contributed by atoms with Gasteiger partial charge in [-0.15, -0.1) is 0 Å². The van der Waals surface area contributed by atoms with Crippen LogP contribution in [0.5, 0.6) is 5.75 Å². The van der Waals surface area contributed by atoms with E-state index in [0.717, 1.165) is 33.9 Å². The van der Waals surface area contributed by atoms with Crippen molar-refractivity contribution in [1.82, 2.24) is 9.55 Å². The van der Waals surface area contributed by atoms with Crippen LogP contribution < -0.4 is 9.64 Å². The highest BCUT2D eigenvalue weighted by Crippen LogP contribution is 2.20. The van der Waals surface area contributed by atoms with Gasteiger partial charge in [0.25, 0.3) is 0 Å². The maximum absolute atomic E-state index is 13.0. The first-order chi connectivity index (χ1) is 14.7. The Morgan fingerprint density at radius 2 is 1.67 bits per heavy atom. The lowest BCUT2D eigenvalue weighted by atomic mass is 10.2. The molecule has 0 bridgehead atoms. The van der Waals surface area contributed by atoms with E-state index >= 15 is 0 Å². The number of fused-ring (bicyclic) bond motifs is 1. The van der Waals surface area contributed by atoms with E-state index in [1.165, 1.54) is 0 Å². The highest BCUT2D eigenvalue weighted by molar-refractivity contribution is 5.94. The van der Waals surface area contributed by atoms with E-state index in [1.807, 2.05) is 95.6 Å². The van der Waals surface area contributed by atoms with Crippen LogP contribution >= 0.6 is 0 Å². The fourth-order valence-electron chi connectivity index (χ4n) is 3.31. The molecular weight excluding hydrogens is 374 g/mol. The van der Waals surface area contributed by atoms with Crippen LogP contribution in [0, 0.1) is 0 Å². The van der Waals surface area contributed by atoms with Crippen molar-refractivity contribution in [2.75, 3.05) is 19.1 Å². The average Bonchev–Trinajstić information content (AvgIpc) is 3.15. The molecule has 4 rings (SSSR count). The van der Waals surface area contributed by atoms with Gasteiger partial charge in [0.15, 0.2) is 0 Å². The molecule has 0 spiro atoms. The van der Waals surface area contributed by atoms with Gasteiger partial charge in [0, 0.05) is 12.7 Å². The van der Waals surface area contributed by atoms with Gasteiger partial charge < -0.3 is 14.2 Å². The number of methoxy groups -OCH3 is 1. The number of para-hydroxylation sites is 3. The van der Waals surface area contributed by atoms with Crippen LogP contribution in [0.25, 0.3) is 23.2 Å². The monoisotopic (exact) mass is 397 g/mol. The Balaban J connectivity index is 1.64. The molecule has 1 amide bonds. The second kappa shape index (κ2) is 8.66. The van der Waals surface area contributed by atoms with E-state index in [2.05, 4.69) is 0 Å². The fourth-order valence-corrected chi connectivity index (χ4v) is 3.31. The topological polar surface area (TPSA) is 47.4 Å². The van der Waals surface area contributed by atoms with Crippen molar-refractivity contribution in [3.63, 3.8) is 0 Å². The third kappa shape index (κ3) is 4.10. The summed E-state index contributed by atoms with van der Waals surface area (Å²) in [4.78, 5) is 19.4. The SMILES string of the molecule is COc1ccc(/C=C/c2nc3ccccc3n2CC(=O)N(C)c2ccccc2)cc1. The maximum Gasteiger partial charge on any atom is 0.246 e.